The average Bonchev–Trinajstić information content (AvgIpc) is 2.29. The Morgan fingerprint density at radius 1 is 1.25 bits per heavy atom. The number of aryl methyl sites for hydroxylation is 1. The maximum Gasteiger partial charge on any atom is 0.251 e. The first kappa shape index (κ1) is 10.5. The van der Waals surface area contributed by atoms with E-state index in [4.69, 9.17) is 0 Å². The number of nitrogens with one attached hydrogen (secondary N) is 1. The number of aromatic hydroxyl groups is 1. The van der Waals surface area contributed by atoms with Crippen LogP contribution in [0, 0.1) is 6.92 Å². The molecule has 0 bridgehead atoms. The van der Waals surface area contributed by atoms with Gasteiger partial charge in [0.05, 0.1) is 0 Å². The number of hydrogen-bond acceptors (Lipinski definition) is 2. The van der Waals surface area contributed by atoms with Crippen molar-refractivity contribution in [3.8, 4) is 5.75 Å². The molecule has 3 heteroatoms. The summed E-state index contributed by atoms with van der Waals surface area (Å²) in [5.41, 5.74) is 1.51. The van der Waals surface area contributed by atoms with Crippen LogP contribution in [0.4, 0.5) is 0 Å². The van der Waals surface area contributed by atoms with E-state index in [-0.39, 0.29) is 11.7 Å². The average molecular weight is 215 g/mol. The zero-order valence-electron chi connectivity index (χ0n) is 9.24. The van der Waals surface area contributed by atoms with Crippen molar-refractivity contribution in [1.82, 2.24) is 5.32 Å². The lowest BCUT2D eigenvalue weighted by Gasteiger charge is -2.07. The molecule has 0 aliphatic carbocycles. The maximum atomic E-state index is 11.5. The van der Waals surface area contributed by atoms with Gasteiger partial charge in [0, 0.05) is 18.0 Å². The zero-order chi connectivity index (χ0) is 11.7. The molecule has 2 rings (SSSR count). The molecule has 0 heterocycles. The number of phenols is 1. The second-order valence-corrected chi connectivity index (χ2v) is 3.74. The van der Waals surface area contributed by atoms with Crippen molar-refractivity contribution >= 4 is 16.7 Å². The van der Waals surface area contributed by atoms with Gasteiger partial charge < -0.3 is 10.4 Å². The fourth-order valence-electron chi connectivity index (χ4n) is 1.79. The van der Waals surface area contributed by atoms with Crippen molar-refractivity contribution in [2.24, 2.45) is 0 Å². The minimum Gasteiger partial charge on any atom is -0.507 e. The second kappa shape index (κ2) is 3.85. The summed E-state index contributed by atoms with van der Waals surface area (Å²) in [5.74, 6) is -0.0553. The monoisotopic (exact) mass is 215 g/mol. The van der Waals surface area contributed by atoms with E-state index in [2.05, 4.69) is 5.32 Å². The smallest absolute Gasteiger partial charge is 0.251 e. The van der Waals surface area contributed by atoms with Crippen molar-refractivity contribution < 1.29 is 9.90 Å². The quantitative estimate of drug-likeness (QED) is 0.766. The van der Waals surface area contributed by atoms with Crippen LogP contribution in [-0.4, -0.2) is 18.1 Å². The lowest BCUT2D eigenvalue weighted by Crippen LogP contribution is -2.17. The Balaban J connectivity index is 2.75. The van der Waals surface area contributed by atoms with Gasteiger partial charge in [-0.2, -0.15) is 0 Å². The molecule has 0 saturated heterocycles. The van der Waals surface area contributed by atoms with Gasteiger partial charge in [0.15, 0.2) is 0 Å². The summed E-state index contributed by atoms with van der Waals surface area (Å²) >= 11 is 0. The Hall–Kier alpha value is -2.03. The lowest BCUT2D eigenvalue weighted by molar-refractivity contribution is 0.0963. The second-order valence-electron chi connectivity index (χ2n) is 3.74. The Labute approximate surface area is 93.7 Å². The van der Waals surface area contributed by atoms with Gasteiger partial charge in [-0.3, -0.25) is 4.79 Å². The topological polar surface area (TPSA) is 49.3 Å². The van der Waals surface area contributed by atoms with Gasteiger partial charge in [0.25, 0.3) is 5.91 Å². The van der Waals surface area contributed by atoms with Crippen LogP contribution in [0.5, 0.6) is 5.75 Å². The number of fused-ring (bicyclic) bond motifs is 1. The molecule has 0 fully saturated rings. The molecule has 0 spiro atoms. The molecule has 2 N–H and O–H groups in total. The summed E-state index contributed by atoms with van der Waals surface area (Å²) in [7, 11) is 1.57. The predicted octanol–water partition coefficient (Wildman–Crippen LogP) is 2.21. The molecule has 0 aromatic heterocycles. The van der Waals surface area contributed by atoms with Crippen LogP contribution in [-0.2, 0) is 0 Å². The van der Waals surface area contributed by atoms with E-state index in [9.17, 15) is 9.90 Å². The fraction of sp³-hybridized carbons (Fsp3) is 0.154. The number of hydrogen-bond donors (Lipinski definition) is 2. The SMILES string of the molecule is CNC(=O)c1cc(O)c2cccc(C)c2c1. The molecule has 0 radical (unpaired) electrons. The van der Waals surface area contributed by atoms with Crippen molar-refractivity contribution in [1.29, 1.82) is 0 Å². The highest BCUT2D eigenvalue weighted by atomic mass is 16.3. The Morgan fingerprint density at radius 3 is 2.69 bits per heavy atom. The van der Waals surface area contributed by atoms with Crippen LogP contribution < -0.4 is 5.32 Å². The van der Waals surface area contributed by atoms with E-state index in [1.165, 1.54) is 6.07 Å². The largest absolute Gasteiger partial charge is 0.507 e. The van der Waals surface area contributed by atoms with Gasteiger partial charge in [0.1, 0.15) is 5.75 Å². The maximum absolute atomic E-state index is 11.5. The minimum absolute atomic E-state index is 0.139. The number of benzene rings is 2. The molecule has 82 valence electrons. The number of carbonyl (C=O) groups is 1. The molecule has 3 nitrogen and oxygen atoms in total. The van der Waals surface area contributed by atoms with Crippen molar-refractivity contribution in [3.05, 3.63) is 41.5 Å². The molecular formula is C13H13NO2. The van der Waals surface area contributed by atoms with Crippen molar-refractivity contribution in [2.75, 3.05) is 7.05 Å². The third-order valence-corrected chi connectivity index (χ3v) is 2.68. The van der Waals surface area contributed by atoms with Gasteiger partial charge >= 0.3 is 0 Å². The van der Waals surface area contributed by atoms with Gasteiger partial charge in [-0.05, 0) is 30.0 Å². The Kier molecular flexibility index (Phi) is 2.52. The van der Waals surface area contributed by atoms with Gasteiger partial charge in [0.2, 0.25) is 0 Å². The van der Waals surface area contributed by atoms with Gasteiger partial charge in [-0.25, -0.2) is 0 Å². The van der Waals surface area contributed by atoms with Crippen molar-refractivity contribution in [3.63, 3.8) is 0 Å². The molecule has 0 aliphatic heterocycles. The highest BCUT2D eigenvalue weighted by Crippen LogP contribution is 2.28. The van der Waals surface area contributed by atoms with Crippen LogP contribution in [0.1, 0.15) is 15.9 Å². The highest BCUT2D eigenvalue weighted by molar-refractivity contribution is 6.01. The molecule has 0 unspecified atom stereocenters. The molecule has 1 amide bonds. The van der Waals surface area contributed by atoms with Crippen LogP contribution >= 0.6 is 0 Å². The Morgan fingerprint density at radius 2 is 2.00 bits per heavy atom. The molecule has 0 saturated carbocycles. The summed E-state index contributed by atoms with van der Waals surface area (Å²) in [5, 5.41) is 14.1. The zero-order valence-corrected chi connectivity index (χ0v) is 9.24. The molecule has 2 aromatic carbocycles. The van der Waals surface area contributed by atoms with E-state index in [1.54, 1.807) is 13.1 Å². The molecular weight excluding hydrogens is 202 g/mol. The van der Waals surface area contributed by atoms with Crippen LogP contribution in [0.15, 0.2) is 30.3 Å². The lowest BCUT2D eigenvalue weighted by atomic mass is 10.0. The third kappa shape index (κ3) is 1.60. The van der Waals surface area contributed by atoms with Crippen molar-refractivity contribution in [2.45, 2.75) is 6.92 Å². The van der Waals surface area contributed by atoms with E-state index in [0.29, 0.717) is 5.56 Å². The first-order valence-corrected chi connectivity index (χ1v) is 5.08. The molecule has 0 aliphatic rings. The summed E-state index contributed by atoms with van der Waals surface area (Å²) in [6, 6.07) is 8.96. The number of rotatable bonds is 1. The van der Waals surface area contributed by atoms with E-state index in [1.807, 2.05) is 25.1 Å². The summed E-state index contributed by atoms with van der Waals surface area (Å²) in [6.07, 6.45) is 0. The molecule has 2 aromatic rings. The summed E-state index contributed by atoms with van der Waals surface area (Å²) in [6.45, 7) is 1.95. The normalized spacial score (nSPS) is 10.4. The summed E-state index contributed by atoms with van der Waals surface area (Å²) < 4.78 is 0. The minimum atomic E-state index is -0.194. The van der Waals surface area contributed by atoms with Crippen LogP contribution in [0.25, 0.3) is 10.8 Å². The highest BCUT2D eigenvalue weighted by Gasteiger charge is 2.09. The Bertz CT molecular complexity index is 561. The van der Waals surface area contributed by atoms with E-state index in [0.717, 1.165) is 16.3 Å². The van der Waals surface area contributed by atoms with Crippen LogP contribution in [0.2, 0.25) is 0 Å². The van der Waals surface area contributed by atoms with E-state index < -0.39 is 0 Å². The molecule has 0 atom stereocenters. The van der Waals surface area contributed by atoms with Crippen LogP contribution in [0.3, 0.4) is 0 Å². The van der Waals surface area contributed by atoms with Gasteiger partial charge in [-0.1, -0.05) is 18.2 Å². The number of carbonyl (C=O) groups excluding carboxylic acids is 1. The fourth-order valence-corrected chi connectivity index (χ4v) is 1.79. The summed E-state index contributed by atoms with van der Waals surface area (Å²) in [4.78, 5) is 11.5. The molecule has 16 heavy (non-hydrogen) atoms. The standard InChI is InChI=1S/C13H13NO2/c1-8-4-3-5-10-11(8)6-9(7-12(10)15)13(16)14-2/h3-7,15H,1-2H3,(H,14,16). The number of amides is 1. The van der Waals surface area contributed by atoms with Gasteiger partial charge in [-0.15, -0.1) is 0 Å². The third-order valence-electron chi connectivity index (χ3n) is 2.68. The number of phenolic OH excluding ortho intramolecular Hbond substituents is 1. The first-order valence-electron chi connectivity index (χ1n) is 5.08. The van der Waals surface area contributed by atoms with E-state index >= 15 is 0 Å². The first-order chi connectivity index (χ1) is 7.63. The predicted molar refractivity (Wildman–Crippen MR) is 63.7 cm³/mol.